The van der Waals surface area contributed by atoms with Crippen LogP contribution in [0.4, 0.5) is 0 Å². The van der Waals surface area contributed by atoms with E-state index >= 15 is 0 Å². The van der Waals surface area contributed by atoms with Crippen LogP contribution in [-0.2, 0) is 0 Å². The first kappa shape index (κ1) is 16.2. The minimum Gasteiger partial charge on any atom is -0.494 e. The minimum atomic E-state index is -0.136. The van der Waals surface area contributed by atoms with Gasteiger partial charge in [-0.05, 0) is 55.5 Å². The van der Waals surface area contributed by atoms with E-state index in [-0.39, 0.29) is 5.91 Å². The molecule has 5 heteroatoms. The fourth-order valence-electron chi connectivity index (χ4n) is 1.84. The van der Waals surface area contributed by atoms with Gasteiger partial charge in [-0.15, -0.1) is 0 Å². The van der Waals surface area contributed by atoms with E-state index in [1.807, 2.05) is 6.92 Å². The molecule has 0 fully saturated rings. The number of hydrogen-bond acceptors (Lipinski definition) is 3. The molecule has 2 rings (SSSR count). The van der Waals surface area contributed by atoms with Crippen molar-refractivity contribution in [3.05, 3.63) is 59.1 Å². The maximum Gasteiger partial charge on any atom is 0.251 e. The molecule has 0 spiro atoms. The van der Waals surface area contributed by atoms with Gasteiger partial charge in [-0.25, -0.2) is 0 Å². The molecular weight excluding hydrogens is 302 g/mol. The summed E-state index contributed by atoms with van der Waals surface area (Å²) in [4.78, 5) is 11.9. The van der Waals surface area contributed by atoms with Gasteiger partial charge in [-0.1, -0.05) is 11.6 Å². The van der Waals surface area contributed by atoms with Gasteiger partial charge in [-0.2, -0.15) is 0 Å². The van der Waals surface area contributed by atoms with E-state index in [1.54, 1.807) is 48.5 Å². The quantitative estimate of drug-likeness (QED) is 0.794. The molecule has 116 valence electrons. The molecule has 0 heterocycles. The Bertz CT molecular complexity index is 596. The summed E-state index contributed by atoms with van der Waals surface area (Å²) in [6, 6.07) is 14.1. The molecule has 0 aliphatic heterocycles. The summed E-state index contributed by atoms with van der Waals surface area (Å²) in [5.41, 5.74) is 0.593. The third-order valence-electron chi connectivity index (χ3n) is 2.90. The lowest BCUT2D eigenvalue weighted by atomic mass is 10.2. The predicted octanol–water partition coefficient (Wildman–Crippen LogP) is 3.55. The van der Waals surface area contributed by atoms with Gasteiger partial charge in [0.05, 0.1) is 13.2 Å². The van der Waals surface area contributed by atoms with Crippen LogP contribution in [0.2, 0.25) is 5.02 Å². The Balaban J connectivity index is 1.74. The van der Waals surface area contributed by atoms with Crippen LogP contribution in [0.25, 0.3) is 0 Å². The SMILES string of the molecule is CCOc1ccc(C(=O)NCCOc2ccc(Cl)cc2)cc1. The third kappa shape index (κ3) is 4.97. The second-order valence-electron chi connectivity index (χ2n) is 4.52. The van der Waals surface area contributed by atoms with Crippen LogP contribution in [0, 0.1) is 0 Å². The van der Waals surface area contributed by atoms with E-state index in [4.69, 9.17) is 21.1 Å². The Kier molecular flexibility index (Phi) is 6.10. The molecule has 0 aliphatic carbocycles. The van der Waals surface area contributed by atoms with Crippen LogP contribution >= 0.6 is 11.6 Å². The molecule has 1 amide bonds. The Morgan fingerprint density at radius 2 is 1.59 bits per heavy atom. The van der Waals surface area contributed by atoms with E-state index < -0.39 is 0 Å². The lowest BCUT2D eigenvalue weighted by Crippen LogP contribution is -2.28. The van der Waals surface area contributed by atoms with Gasteiger partial charge in [-0.3, -0.25) is 4.79 Å². The summed E-state index contributed by atoms with van der Waals surface area (Å²) in [5, 5.41) is 3.46. The molecule has 0 bridgehead atoms. The topological polar surface area (TPSA) is 47.6 Å². The molecule has 0 atom stereocenters. The van der Waals surface area contributed by atoms with Gasteiger partial charge in [0.15, 0.2) is 0 Å². The molecule has 22 heavy (non-hydrogen) atoms. The summed E-state index contributed by atoms with van der Waals surface area (Å²) in [6.45, 7) is 3.34. The van der Waals surface area contributed by atoms with Gasteiger partial charge in [0.25, 0.3) is 5.91 Å². The molecule has 0 aliphatic rings. The highest BCUT2D eigenvalue weighted by Gasteiger charge is 2.05. The van der Waals surface area contributed by atoms with Crippen LogP contribution in [0.15, 0.2) is 48.5 Å². The fourth-order valence-corrected chi connectivity index (χ4v) is 1.96. The van der Waals surface area contributed by atoms with E-state index in [1.165, 1.54) is 0 Å². The van der Waals surface area contributed by atoms with Crippen molar-refractivity contribution in [2.45, 2.75) is 6.92 Å². The number of rotatable bonds is 7. The lowest BCUT2D eigenvalue weighted by molar-refractivity contribution is 0.0947. The van der Waals surface area contributed by atoms with Crippen LogP contribution in [-0.4, -0.2) is 25.7 Å². The van der Waals surface area contributed by atoms with Crippen molar-refractivity contribution in [2.24, 2.45) is 0 Å². The molecule has 2 aromatic carbocycles. The smallest absolute Gasteiger partial charge is 0.251 e. The van der Waals surface area contributed by atoms with Gasteiger partial charge in [0.2, 0.25) is 0 Å². The Labute approximate surface area is 135 Å². The van der Waals surface area contributed by atoms with Gasteiger partial charge in [0.1, 0.15) is 18.1 Å². The van der Waals surface area contributed by atoms with Crippen molar-refractivity contribution in [1.82, 2.24) is 5.32 Å². The second kappa shape index (κ2) is 8.29. The maximum absolute atomic E-state index is 11.9. The average molecular weight is 320 g/mol. The van der Waals surface area contributed by atoms with E-state index in [0.717, 1.165) is 11.5 Å². The Morgan fingerprint density at radius 3 is 2.23 bits per heavy atom. The molecule has 0 aromatic heterocycles. The average Bonchev–Trinajstić information content (AvgIpc) is 2.54. The molecule has 0 saturated carbocycles. The minimum absolute atomic E-state index is 0.136. The number of carbonyl (C=O) groups excluding carboxylic acids is 1. The summed E-state index contributed by atoms with van der Waals surface area (Å²) >= 11 is 5.79. The van der Waals surface area contributed by atoms with Crippen molar-refractivity contribution in [2.75, 3.05) is 19.8 Å². The highest BCUT2D eigenvalue weighted by atomic mass is 35.5. The lowest BCUT2D eigenvalue weighted by Gasteiger charge is -2.08. The third-order valence-corrected chi connectivity index (χ3v) is 3.15. The standard InChI is InChI=1S/C17H18ClNO3/c1-2-21-15-7-3-13(4-8-15)17(20)19-11-12-22-16-9-5-14(18)6-10-16/h3-10H,2,11-12H2,1H3,(H,19,20). The molecule has 0 unspecified atom stereocenters. The highest BCUT2D eigenvalue weighted by Crippen LogP contribution is 2.15. The number of carbonyl (C=O) groups is 1. The number of nitrogens with one attached hydrogen (secondary N) is 1. The normalized spacial score (nSPS) is 10.1. The molecule has 1 N–H and O–H groups in total. The van der Waals surface area contributed by atoms with Gasteiger partial charge >= 0.3 is 0 Å². The largest absolute Gasteiger partial charge is 0.494 e. The molecular formula is C17H18ClNO3. The highest BCUT2D eigenvalue weighted by molar-refractivity contribution is 6.30. The number of benzene rings is 2. The number of hydrogen-bond donors (Lipinski definition) is 1. The second-order valence-corrected chi connectivity index (χ2v) is 4.95. The zero-order valence-corrected chi connectivity index (χ0v) is 13.1. The molecule has 4 nitrogen and oxygen atoms in total. The number of ether oxygens (including phenoxy) is 2. The number of halogens is 1. The first-order valence-electron chi connectivity index (χ1n) is 7.08. The van der Waals surface area contributed by atoms with E-state index in [9.17, 15) is 4.79 Å². The Morgan fingerprint density at radius 1 is 1.00 bits per heavy atom. The van der Waals surface area contributed by atoms with Crippen molar-refractivity contribution >= 4 is 17.5 Å². The van der Waals surface area contributed by atoms with Crippen molar-refractivity contribution in [1.29, 1.82) is 0 Å². The van der Waals surface area contributed by atoms with Crippen LogP contribution in [0.3, 0.4) is 0 Å². The zero-order valence-electron chi connectivity index (χ0n) is 12.3. The van der Waals surface area contributed by atoms with Crippen LogP contribution < -0.4 is 14.8 Å². The maximum atomic E-state index is 11.9. The molecule has 0 saturated heterocycles. The summed E-state index contributed by atoms with van der Waals surface area (Å²) in [5.74, 6) is 1.34. The van der Waals surface area contributed by atoms with E-state index in [0.29, 0.717) is 30.3 Å². The van der Waals surface area contributed by atoms with Crippen molar-refractivity contribution < 1.29 is 14.3 Å². The van der Waals surface area contributed by atoms with Crippen LogP contribution in [0.1, 0.15) is 17.3 Å². The predicted molar refractivity (Wildman–Crippen MR) is 86.9 cm³/mol. The summed E-state index contributed by atoms with van der Waals surface area (Å²) in [7, 11) is 0. The zero-order chi connectivity index (χ0) is 15.8. The Hall–Kier alpha value is -2.20. The first-order chi connectivity index (χ1) is 10.7. The van der Waals surface area contributed by atoms with Gasteiger partial charge < -0.3 is 14.8 Å². The molecule has 0 radical (unpaired) electrons. The summed E-state index contributed by atoms with van der Waals surface area (Å²) < 4.78 is 10.8. The van der Waals surface area contributed by atoms with Crippen molar-refractivity contribution in [3.8, 4) is 11.5 Å². The van der Waals surface area contributed by atoms with Crippen LogP contribution in [0.5, 0.6) is 11.5 Å². The first-order valence-corrected chi connectivity index (χ1v) is 7.46. The molecule has 2 aromatic rings. The fraction of sp³-hybridized carbons (Fsp3) is 0.235. The van der Waals surface area contributed by atoms with E-state index in [2.05, 4.69) is 5.32 Å². The number of amides is 1. The van der Waals surface area contributed by atoms with Gasteiger partial charge in [0, 0.05) is 10.6 Å². The van der Waals surface area contributed by atoms with Crippen molar-refractivity contribution in [3.63, 3.8) is 0 Å². The monoisotopic (exact) mass is 319 g/mol. The summed E-state index contributed by atoms with van der Waals surface area (Å²) in [6.07, 6.45) is 0.